The van der Waals surface area contributed by atoms with E-state index in [0.717, 1.165) is 5.56 Å². The zero-order valence-electron chi connectivity index (χ0n) is 19.7. The van der Waals surface area contributed by atoms with Crippen molar-refractivity contribution in [1.29, 1.82) is 0 Å². The van der Waals surface area contributed by atoms with Crippen molar-refractivity contribution in [1.82, 2.24) is 9.88 Å². The van der Waals surface area contributed by atoms with Crippen LogP contribution in [-0.4, -0.2) is 53.7 Å². The van der Waals surface area contributed by atoms with Gasteiger partial charge in [0.05, 0.1) is 25.3 Å². The van der Waals surface area contributed by atoms with Gasteiger partial charge in [-0.15, -0.1) is 0 Å². The van der Waals surface area contributed by atoms with Gasteiger partial charge < -0.3 is 9.47 Å². The summed E-state index contributed by atoms with van der Waals surface area (Å²) >= 11 is 0. The highest BCUT2D eigenvalue weighted by Crippen LogP contribution is 2.44. The Morgan fingerprint density at radius 3 is 2.20 bits per heavy atom. The number of ether oxygens (including phenoxy) is 2. The number of nitrogens with zero attached hydrogens (tertiary/aromatic N) is 2. The van der Waals surface area contributed by atoms with Crippen molar-refractivity contribution < 1.29 is 19.1 Å². The molecule has 0 saturated carbocycles. The van der Waals surface area contributed by atoms with Crippen molar-refractivity contribution in [3.8, 4) is 11.1 Å². The van der Waals surface area contributed by atoms with Gasteiger partial charge in [-0.25, -0.2) is 4.79 Å². The van der Waals surface area contributed by atoms with Crippen LogP contribution in [0.2, 0.25) is 0 Å². The van der Waals surface area contributed by atoms with E-state index in [4.69, 9.17) is 9.47 Å². The molecule has 3 aliphatic rings. The molecule has 2 aromatic carbocycles. The molecule has 2 fully saturated rings. The van der Waals surface area contributed by atoms with Gasteiger partial charge in [-0.1, -0.05) is 54.6 Å². The largest absolute Gasteiger partial charge is 0.448 e. The summed E-state index contributed by atoms with van der Waals surface area (Å²) in [7, 11) is 0. The van der Waals surface area contributed by atoms with E-state index in [-0.39, 0.29) is 35.8 Å². The quantitative estimate of drug-likeness (QED) is 0.504. The highest BCUT2D eigenvalue weighted by Gasteiger charge is 2.45. The van der Waals surface area contributed by atoms with E-state index in [1.165, 1.54) is 22.3 Å². The third-order valence-electron chi connectivity index (χ3n) is 7.68. The number of Topliss-reactive ketones (excluding diaryl/α,β-unsaturated/α-hetero) is 1. The highest BCUT2D eigenvalue weighted by molar-refractivity contribution is 5.97. The fraction of sp³-hybridized carbons (Fsp3) is 0.345. The first-order chi connectivity index (χ1) is 17.1. The normalized spacial score (nSPS) is 22.9. The molecule has 6 rings (SSSR count). The minimum Gasteiger partial charge on any atom is -0.448 e. The predicted molar refractivity (Wildman–Crippen MR) is 131 cm³/mol. The van der Waals surface area contributed by atoms with Gasteiger partial charge in [-0.05, 0) is 53.6 Å². The van der Waals surface area contributed by atoms with Crippen molar-refractivity contribution in [2.75, 3.05) is 19.8 Å². The molecule has 2 bridgehead atoms. The van der Waals surface area contributed by atoms with Crippen LogP contribution in [0.4, 0.5) is 4.79 Å². The standard InChI is InChI=1S/C29H28N2O4/c1-18-7-6-12-30-27(18)28(32)19-13-20-15-34-16-21(14-19)31(20)29(33)35-17-26-24-10-4-2-8-22(24)23-9-3-5-11-25(23)26/h2-12,19-21,26H,13-17H2,1H3. The molecule has 3 heterocycles. The zero-order chi connectivity index (χ0) is 23.9. The Balaban J connectivity index is 1.17. The van der Waals surface area contributed by atoms with Gasteiger partial charge in [0, 0.05) is 18.0 Å². The number of fused-ring (bicyclic) bond motifs is 5. The maximum atomic E-state index is 13.3. The summed E-state index contributed by atoms with van der Waals surface area (Å²) in [6.45, 7) is 3.05. The van der Waals surface area contributed by atoms with Crippen LogP contribution in [-0.2, 0) is 9.47 Å². The Hall–Kier alpha value is -3.51. The molecular weight excluding hydrogens is 440 g/mol. The van der Waals surface area contributed by atoms with E-state index >= 15 is 0 Å². The lowest BCUT2D eigenvalue weighted by molar-refractivity contribution is -0.0748. The summed E-state index contributed by atoms with van der Waals surface area (Å²) < 4.78 is 11.7. The third-order valence-corrected chi connectivity index (χ3v) is 7.68. The number of rotatable bonds is 4. The SMILES string of the molecule is Cc1cccnc1C(=O)C1CC2COCC(C1)N2C(=O)OCC1c2ccccc2-c2ccccc21. The van der Waals surface area contributed by atoms with Crippen LogP contribution in [0.15, 0.2) is 66.9 Å². The first-order valence-electron chi connectivity index (χ1n) is 12.3. The molecule has 2 atom stereocenters. The number of morpholine rings is 1. The molecule has 0 spiro atoms. The van der Waals surface area contributed by atoms with Crippen molar-refractivity contribution in [3.63, 3.8) is 0 Å². The Morgan fingerprint density at radius 1 is 0.943 bits per heavy atom. The summed E-state index contributed by atoms with van der Waals surface area (Å²) in [4.78, 5) is 32.7. The molecule has 1 amide bonds. The van der Waals surface area contributed by atoms with Crippen LogP contribution < -0.4 is 0 Å². The summed E-state index contributed by atoms with van der Waals surface area (Å²) in [5.41, 5.74) is 6.22. The molecule has 2 saturated heterocycles. The molecule has 6 nitrogen and oxygen atoms in total. The van der Waals surface area contributed by atoms with Crippen molar-refractivity contribution in [2.45, 2.75) is 37.8 Å². The van der Waals surface area contributed by atoms with Gasteiger partial charge in [0.2, 0.25) is 0 Å². The van der Waals surface area contributed by atoms with Gasteiger partial charge in [-0.3, -0.25) is 14.7 Å². The molecule has 3 aromatic rings. The third kappa shape index (κ3) is 3.82. The maximum Gasteiger partial charge on any atom is 0.410 e. The number of aryl methyl sites for hydroxylation is 1. The monoisotopic (exact) mass is 468 g/mol. The molecule has 0 radical (unpaired) electrons. The minimum absolute atomic E-state index is 0.0219. The first-order valence-corrected chi connectivity index (χ1v) is 12.3. The van der Waals surface area contributed by atoms with Crippen molar-refractivity contribution in [2.24, 2.45) is 5.92 Å². The summed E-state index contributed by atoms with van der Waals surface area (Å²) in [6.07, 6.45) is 2.48. The molecule has 2 aliphatic heterocycles. The number of pyridine rings is 1. The van der Waals surface area contributed by atoms with E-state index in [9.17, 15) is 9.59 Å². The van der Waals surface area contributed by atoms with Gasteiger partial charge in [0.1, 0.15) is 12.3 Å². The minimum atomic E-state index is -0.315. The molecule has 0 N–H and O–H groups in total. The van der Waals surface area contributed by atoms with Crippen LogP contribution in [0, 0.1) is 12.8 Å². The van der Waals surface area contributed by atoms with E-state index in [0.29, 0.717) is 38.4 Å². The average Bonchev–Trinajstić information content (AvgIpc) is 3.20. The summed E-state index contributed by atoms with van der Waals surface area (Å²) in [5, 5.41) is 0. The lowest BCUT2D eigenvalue weighted by atomic mass is 9.81. The van der Waals surface area contributed by atoms with Crippen molar-refractivity contribution >= 4 is 11.9 Å². The number of piperidine rings is 1. The topological polar surface area (TPSA) is 68.7 Å². The first kappa shape index (κ1) is 22.0. The second-order valence-electron chi connectivity index (χ2n) is 9.76. The molecule has 1 aliphatic carbocycles. The number of hydrogen-bond acceptors (Lipinski definition) is 5. The average molecular weight is 469 g/mol. The second kappa shape index (κ2) is 8.93. The summed E-state index contributed by atoms with van der Waals surface area (Å²) in [6, 6.07) is 20.1. The molecule has 1 aromatic heterocycles. The number of carbonyl (C=O) groups excluding carboxylic acids is 2. The molecule has 6 heteroatoms. The molecule has 35 heavy (non-hydrogen) atoms. The van der Waals surface area contributed by atoms with E-state index in [2.05, 4.69) is 29.2 Å². The predicted octanol–water partition coefficient (Wildman–Crippen LogP) is 5.00. The number of carbonyl (C=O) groups is 2. The van der Waals surface area contributed by atoms with E-state index < -0.39 is 0 Å². The van der Waals surface area contributed by atoms with Gasteiger partial charge >= 0.3 is 6.09 Å². The van der Waals surface area contributed by atoms with Crippen LogP contribution in [0.3, 0.4) is 0 Å². The van der Waals surface area contributed by atoms with Gasteiger partial charge in [-0.2, -0.15) is 0 Å². The van der Waals surface area contributed by atoms with Crippen LogP contribution in [0.25, 0.3) is 11.1 Å². The van der Waals surface area contributed by atoms with Crippen LogP contribution >= 0.6 is 0 Å². The van der Waals surface area contributed by atoms with Crippen molar-refractivity contribution in [3.05, 3.63) is 89.2 Å². The summed E-state index contributed by atoms with van der Waals surface area (Å²) in [5.74, 6) is -0.0824. The Labute approximate surface area is 204 Å². The van der Waals surface area contributed by atoms with E-state index in [1.54, 1.807) is 6.20 Å². The second-order valence-corrected chi connectivity index (χ2v) is 9.76. The Kier molecular flexibility index (Phi) is 5.61. The zero-order valence-corrected chi connectivity index (χ0v) is 19.7. The molecular formula is C29H28N2O4. The Morgan fingerprint density at radius 2 is 1.57 bits per heavy atom. The number of amides is 1. The fourth-order valence-electron chi connectivity index (χ4n) is 6.03. The van der Waals surface area contributed by atoms with Gasteiger partial charge in [0.25, 0.3) is 0 Å². The van der Waals surface area contributed by atoms with Crippen LogP contribution in [0.5, 0.6) is 0 Å². The number of benzene rings is 2. The maximum absolute atomic E-state index is 13.3. The Bertz CT molecular complexity index is 1230. The lowest BCUT2D eigenvalue weighted by Gasteiger charge is -2.47. The smallest absolute Gasteiger partial charge is 0.410 e. The number of hydrogen-bond donors (Lipinski definition) is 0. The lowest BCUT2D eigenvalue weighted by Crippen LogP contribution is -2.60. The van der Waals surface area contributed by atoms with Gasteiger partial charge in [0.15, 0.2) is 5.78 Å². The number of aromatic nitrogens is 1. The molecule has 178 valence electrons. The van der Waals surface area contributed by atoms with Crippen LogP contribution in [0.1, 0.15) is 45.9 Å². The van der Waals surface area contributed by atoms with E-state index in [1.807, 2.05) is 48.2 Å². The molecule has 2 unspecified atom stereocenters. The highest BCUT2D eigenvalue weighted by atomic mass is 16.6. The fourth-order valence-corrected chi connectivity index (χ4v) is 6.03. The number of ketones is 1.